The van der Waals surface area contributed by atoms with Crippen LogP contribution in [0, 0.1) is 10.1 Å². The van der Waals surface area contributed by atoms with Gasteiger partial charge in [0.2, 0.25) is 5.69 Å². The third-order valence-electron chi connectivity index (χ3n) is 4.42. The fraction of sp³-hybridized carbons (Fsp3) is 0.500. The van der Waals surface area contributed by atoms with Crippen molar-refractivity contribution < 1.29 is 19.3 Å². The van der Waals surface area contributed by atoms with Crippen molar-refractivity contribution in [3.05, 3.63) is 33.3 Å². The molecule has 3 rings (SSSR count). The second kappa shape index (κ2) is 7.62. The summed E-state index contributed by atoms with van der Waals surface area (Å²) in [5, 5.41) is 19.8. The molecule has 3 heterocycles. The summed E-state index contributed by atoms with van der Waals surface area (Å²) >= 11 is 1.42. The van der Waals surface area contributed by atoms with E-state index in [9.17, 15) is 24.5 Å². The van der Waals surface area contributed by atoms with Gasteiger partial charge in [0, 0.05) is 19.3 Å². The zero-order valence-electron chi connectivity index (χ0n) is 15.6. The Labute approximate surface area is 164 Å². The van der Waals surface area contributed by atoms with Crippen molar-refractivity contribution >= 4 is 35.2 Å². The van der Waals surface area contributed by atoms with Gasteiger partial charge >= 0.3 is 5.69 Å². The first-order valence-electron chi connectivity index (χ1n) is 8.67. The highest BCUT2D eigenvalue weighted by atomic mass is 32.2. The number of hydrogen-bond donors (Lipinski definition) is 2. The Balaban J connectivity index is 1.76. The van der Waals surface area contributed by atoms with Crippen molar-refractivity contribution in [2.75, 3.05) is 12.3 Å². The monoisotopic (exact) mass is 408 g/mol. The molecule has 2 aliphatic rings. The SMILES string of the molecule is CCCNC(=O)C1=C(C)CS[C@@H]2[C@H](NC(=O)c3nn(C)cc3[N+](=O)[O-])C(=O)N12. The van der Waals surface area contributed by atoms with E-state index in [0.717, 1.165) is 18.2 Å². The van der Waals surface area contributed by atoms with Crippen LogP contribution in [0.3, 0.4) is 0 Å². The number of β-lactam (4-membered cyclic amide) rings is 1. The van der Waals surface area contributed by atoms with Gasteiger partial charge < -0.3 is 10.6 Å². The smallest absolute Gasteiger partial charge is 0.320 e. The third kappa shape index (κ3) is 3.35. The quantitative estimate of drug-likeness (QED) is 0.388. The van der Waals surface area contributed by atoms with Gasteiger partial charge in [0.05, 0.1) is 4.92 Å². The van der Waals surface area contributed by atoms with Crippen molar-refractivity contribution in [2.24, 2.45) is 7.05 Å². The minimum absolute atomic E-state index is 0.316. The van der Waals surface area contributed by atoms with Crippen LogP contribution in [0.2, 0.25) is 0 Å². The minimum Gasteiger partial charge on any atom is -0.351 e. The Bertz CT molecular complexity index is 894. The van der Waals surface area contributed by atoms with Crippen molar-refractivity contribution in [1.29, 1.82) is 0 Å². The number of aromatic nitrogens is 2. The Hall–Kier alpha value is -2.89. The van der Waals surface area contributed by atoms with Crippen molar-refractivity contribution in [2.45, 2.75) is 31.7 Å². The summed E-state index contributed by atoms with van der Waals surface area (Å²) in [6.07, 6.45) is 1.90. The van der Waals surface area contributed by atoms with E-state index in [0.29, 0.717) is 18.0 Å². The first-order chi connectivity index (χ1) is 13.3. The average molecular weight is 408 g/mol. The lowest BCUT2D eigenvalue weighted by atomic mass is 10.0. The van der Waals surface area contributed by atoms with E-state index in [4.69, 9.17) is 0 Å². The van der Waals surface area contributed by atoms with Gasteiger partial charge in [0.1, 0.15) is 23.3 Å². The highest BCUT2D eigenvalue weighted by Crippen LogP contribution is 2.40. The molecule has 3 amide bonds. The zero-order valence-corrected chi connectivity index (χ0v) is 16.4. The number of nitrogens with one attached hydrogen (secondary N) is 2. The highest BCUT2D eigenvalue weighted by molar-refractivity contribution is 8.00. The number of fused-ring (bicyclic) bond motifs is 1. The largest absolute Gasteiger partial charge is 0.351 e. The normalized spacial score (nSPS) is 21.1. The number of carbonyl (C=O) groups is 3. The molecule has 2 aliphatic heterocycles. The molecule has 1 saturated heterocycles. The highest BCUT2D eigenvalue weighted by Gasteiger charge is 2.54. The summed E-state index contributed by atoms with van der Waals surface area (Å²) in [6.45, 7) is 4.22. The Morgan fingerprint density at radius 1 is 1.43 bits per heavy atom. The number of thioether (sulfide) groups is 1. The van der Waals surface area contributed by atoms with Crippen molar-refractivity contribution in [3.8, 4) is 0 Å². The summed E-state index contributed by atoms with van der Waals surface area (Å²) < 4.78 is 1.17. The molecule has 150 valence electrons. The summed E-state index contributed by atoms with van der Waals surface area (Å²) in [5.74, 6) is -0.998. The van der Waals surface area contributed by atoms with Crippen molar-refractivity contribution in [1.82, 2.24) is 25.3 Å². The molecule has 0 radical (unpaired) electrons. The van der Waals surface area contributed by atoms with Gasteiger partial charge in [-0.2, -0.15) is 5.10 Å². The van der Waals surface area contributed by atoms with Gasteiger partial charge in [-0.25, -0.2) is 0 Å². The van der Waals surface area contributed by atoms with Crippen LogP contribution in [-0.2, 0) is 16.6 Å². The second-order valence-corrected chi connectivity index (χ2v) is 7.64. The molecular weight excluding hydrogens is 388 g/mol. The first-order valence-corrected chi connectivity index (χ1v) is 9.72. The van der Waals surface area contributed by atoms with E-state index in [1.807, 2.05) is 6.92 Å². The first kappa shape index (κ1) is 19.9. The molecule has 1 fully saturated rings. The number of nitro groups is 1. The fourth-order valence-electron chi connectivity index (χ4n) is 3.10. The van der Waals surface area contributed by atoms with Gasteiger partial charge in [-0.05, 0) is 18.9 Å². The second-order valence-electron chi connectivity index (χ2n) is 6.54. The molecule has 0 saturated carbocycles. The van der Waals surface area contributed by atoms with Crippen molar-refractivity contribution in [3.63, 3.8) is 0 Å². The minimum atomic E-state index is -0.874. The molecule has 0 unspecified atom stereocenters. The molecule has 28 heavy (non-hydrogen) atoms. The number of amides is 3. The molecule has 12 heteroatoms. The van der Waals surface area contributed by atoms with E-state index in [2.05, 4.69) is 15.7 Å². The molecule has 2 atom stereocenters. The molecule has 2 N–H and O–H groups in total. The molecule has 1 aromatic rings. The number of nitrogens with zero attached hydrogens (tertiary/aromatic N) is 4. The Morgan fingerprint density at radius 3 is 2.79 bits per heavy atom. The van der Waals surface area contributed by atoms with E-state index < -0.39 is 33.8 Å². The molecule has 0 spiro atoms. The molecule has 11 nitrogen and oxygen atoms in total. The number of carbonyl (C=O) groups excluding carboxylic acids is 3. The van der Waals surface area contributed by atoms with Crippen LogP contribution in [0.1, 0.15) is 30.8 Å². The Morgan fingerprint density at radius 2 is 2.14 bits per heavy atom. The van der Waals surface area contributed by atoms with E-state index >= 15 is 0 Å². The molecule has 1 aromatic heterocycles. The predicted octanol–water partition coefficient (Wildman–Crippen LogP) is 0.142. The van der Waals surface area contributed by atoms with Crippen LogP contribution in [0.5, 0.6) is 0 Å². The van der Waals surface area contributed by atoms with E-state index in [-0.39, 0.29) is 11.6 Å². The number of rotatable bonds is 6. The van der Waals surface area contributed by atoms with Gasteiger partial charge in [-0.3, -0.25) is 34.1 Å². The Kier molecular flexibility index (Phi) is 5.40. The van der Waals surface area contributed by atoms with Gasteiger partial charge in [-0.1, -0.05) is 6.92 Å². The standard InChI is InChI=1S/C16H20N6O5S/c1-4-5-17-14(24)12-8(2)7-28-16-11(15(25)21(12)16)18-13(23)10-9(22(26)27)6-20(3)19-10/h6,11,16H,4-5,7H2,1-3H3,(H,17,24)(H,18,23)/t11-,16-/m1/s1. The van der Waals surface area contributed by atoms with E-state index in [1.165, 1.54) is 28.4 Å². The lowest BCUT2D eigenvalue weighted by Crippen LogP contribution is -2.71. The van der Waals surface area contributed by atoms with Crippen LogP contribution in [0.25, 0.3) is 0 Å². The lowest BCUT2D eigenvalue weighted by molar-refractivity contribution is -0.385. The van der Waals surface area contributed by atoms with Crippen LogP contribution in [0.4, 0.5) is 5.69 Å². The summed E-state index contributed by atoms with van der Waals surface area (Å²) in [4.78, 5) is 49.3. The van der Waals surface area contributed by atoms with Crippen LogP contribution in [-0.4, -0.2) is 61.0 Å². The lowest BCUT2D eigenvalue weighted by Gasteiger charge is -2.49. The van der Waals surface area contributed by atoms with Gasteiger partial charge in [-0.15, -0.1) is 11.8 Å². The molecular formula is C16H20N6O5S. The summed E-state index contributed by atoms with van der Waals surface area (Å²) in [7, 11) is 1.46. The van der Waals surface area contributed by atoms with Crippen LogP contribution in [0.15, 0.2) is 17.5 Å². The van der Waals surface area contributed by atoms with Gasteiger partial charge in [0.15, 0.2) is 0 Å². The summed E-state index contributed by atoms with van der Waals surface area (Å²) in [6, 6.07) is -0.874. The number of hydrogen-bond acceptors (Lipinski definition) is 7. The number of aryl methyl sites for hydroxylation is 1. The maximum Gasteiger partial charge on any atom is 0.320 e. The van der Waals surface area contributed by atoms with Gasteiger partial charge in [0.25, 0.3) is 17.7 Å². The molecule has 0 aromatic carbocycles. The molecule has 0 bridgehead atoms. The topological polar surface area (TPSA) is 139 Å². The predicted molar refractivity (Wildman–Crippen MR) is 100 cm³/mol. The third-order valence-corrected chi connectivity index (χ3v) is 5.84. The average Bonchev–Trinajstić information content (AvgIpc) is 3.06. The fourth-order valence-corrected chi connectivity index (χ4v) is 4.39. The summed E-state index contributed by atoms with van der Waals surface area (Å²) in [5.41, 5.74) is 0.312. The molecule has 0 aliphatic carbocycles. The maximum absolute atomic E-state index is 12.6. The van der Waals surface area contributed by atoms with Crippen LogP contribution >= 0.6 is 11.8 Å². The van der Waals surface area contributed by atoms with E-state index in [1.54, 1.807) is 6.92 Å². The zero-order chi connectivity index (χ0) is 20.6. The maximum atomic E-state index is 12.6. The van der Waals surface area contributed by atoms with Crippen LogP contribution < -0.4 is 10.6 Å².